The standard InChI is InChI=1S/C21H21NO4/c1-14(26-19-10-6-8-15-7-4-5-9-17(15)19)21(23)22-18-13-16(24-2)11-12-20(18)25-3/h4-14H,1-3H3,(H,22,23)/t14-/m0/s1. The van der Waals surface area contributed by atoms with E-state index in [2.05, 4.69) is 5.32 Å². The van der Waals surface area contributed by atoms with Gasteiger partial charge in [0.1, 0.15) is 17.2 Å². The van der Waals surface area contributed by atoms with Gasteiger partial charge in [-0.3, -0.25) is 4.79 Å². The Balaban J connectivity index is 1.78. The second kappa shape index (κ2) is 7.78. The number of hydrogen-bond acceptors (Lipinski definition) is 4. The maximum absolute atomic E-state index is 12.6. The van der Waals surface area contributed by atoms with Crippen molar-refractivity contribution in [2.75, 3.05) is 19.5 Å². The Morgan fingerprint density at radius 3 is 2.46 bits per heavy atom. The number of carbonyl (C=O) groups excluding carboxylic acids is 1. The van der Waals surface area contributed by atoms with Crippen LogP contribution in [0.2, 0.25) is 0 Å². The summed E-state index contributed by atoms with van der Waals surface area (Å²) >= 11 is 0. The molecule has 0 radical (unpaired) electrons. The van der Waals surface area contributed by atoms with Crippen molar-refractivity contribution in [3.8, 4) is 17.2 Å². The molecular weight excluding hydrogens is 330 g/mol. The third-order valence-corrected chi connectivity index (χ3v) is 4.09. The summed E-state index contributed by atoms with van der Waals surface area (Å²) in [6.07, 6.45) is -0.684. The fourth-order valence-corrected chi connectivity index (χ4v) is 2.69. The zero-order valence-corrected chi connectivity index (χ0v) is 15.0. The van der Waals surface area contributed by atoms with E-state index in [0.29, 0.717) is 22.9 Å². The highest BCUT2D eigenvalue weighted by Gasteiger charge is 2.18. The Hall–Kier alpha value is -3.21. The van der Waals surface area contributed by atoms with E-state index < -0.39 is 6.10 Å². The molecule has 1 atom stereocenters. The predicted octanol–water partition coefficient (Wildman–Crippen LogP) is 4.26. The maximum atomic E-state index is 12.6. The Labute approximate surface area is 152 Å². The number of fused-ring (bicyclic) bond motifs is 1. The minimum atomic E-state index is -0.684. The topological polar surface area (TPSA) is 56.8 Å². The van der Waals surface area contributed by atoms with Crippen molar-refractivity contribution in [3.05, 3.63) is 60.7 Å². The summed E-state index contributed by atoms with van der Waals surface area (Å²) in [5.41, 5.74) is 0.533. The van der Waals surface area contributed by atoms with Gasteiger partial charge in [-0.1, -0.05) is 36.4 Å². The minimum absolute atomic E-state index is 0.274. The quantitative estimate of drug-likeness (QED) is 0.721. The smallest absolute Gasteiger partial charge is 0.265 e. The number of benzene rings is 3. The summed E-state index contributed by atoms with van der Waals surface area (Å²) in [6.45, 7) is 1.71. The van der Waals surface area contributed by atoms with Crippen LogP contribution in [0.25, 0.3) is 10.8 Å². The minimum Gasteiger partial charge on any atom is -0.497 e. The first-order chi connectivity index (χ1) is 12.6. The number of methoxy groups -OCH3 is 2. The predicted molar refractivity (Wildman–Crippen MR) is 102 cm³/mol. The summed E-state index contributed by atoms with van der Waals surface area (Å²) in [5.74, 6) is 1.58. The van der Waals surface area contributed by atoms with Crippen LogP contribution in [0.15, 0.2) is 60.7 Å². The van der Waals surface area contributed by atoms with Crippen LogP contribution in [0.1, 0.15) is 6.92 Å². The van der Waals surface area contributed by atoms with Gasteiger partial charge >= 0.3 is 0 Å². The summed E-state index contributed by atoms with van der Waals surface area (Å²) in [4.78, 5) is 12.6. The van der Waals surface area contributed by atoms with E-state index in [-0.39, 0.29) is 5.91 Å². The van der Waals surface area contributed by atoms with E-state index >= 15 is 0 Å². The molecule has 0 saturated carbocycles. The highest BCUT2D eigenvalue weighted by molar-refractivity contribution is 5.96. The van der Waals surface area contributed by atoms with E-state index in [1.807, 2.05) is 42.5 Å². The molecule has 0 heterocycles. The van der Waals surface area contributed by atoms with Gasteiger partial charge in [0, 0.05) is 11.5 Å². The van der Waals surface area contributed by atoms with Gasteiger partial charge in [0.05, 0.1) is 19.9 Å². The van der Waals surface area contributed by atoms with Crippen LogP contribution in [-0.2, 0) is 4.79 Å². The van der Waals surface area contributed by atoms with Crippen molar-refractivity contribution in [2.24, 2.45) is 0 Å². The molecule has 0 spiro atoms. The van der Waals surface area contributed by atoms with Gasteiger partial charge in [0.25, 0.3) is 5.91 Å². The van der Waals surface area contributed by atoms with Crippen LogP contribution < -0.4 is 19.5 Å². The Morgan fingerprint density at radius 1 is 0.923 bits per heavy atom. The SMILES string of the molecule is COc1ccc(OC)c(NC(=O)[C@H](C)Oc2cccc3ccccc23)c1. The molecule has 0 aliphatic heterocycles. The highest BCUT2D eigenvalue weighted by atomic mass is 16.5. The van der Waals surface area contributed by atoms with E-state index in [1.165, 1.54) is 0 Å². The molecule has 3 rings (SSSR count). The van der Waals surface area contributed by atoms with Gasteiger partial charge in [-0.15, -0.1) is 0 Å². The lowest BCUT2D eigenvalue weighted by molar-refractivity contribution is -0.122. The second-order valence-electron chi connectivity index (χ2n) is 5.79. The van der Waals surface area contributed by atoms with E-state index in [9.17, 15) is 4.79 Å². The molecule has 1 N–H and O–H groups in total. The van der Waals surface area contributed by atoms with Crippen LogP contribution in [0.3, 0.4) is 0 Å². The number of ether oxygens (including phenoxy) is 3. The third-order valence-electron chi connectivity index (χ3n) is 4.09. The first-order valence-electron chi connectivity index (χ1n) is 8.29. The number of hydrogen-bond donors (Lipinski definition) is 1. The van der Waals surface area contributed by atoms with Crippen LogP contribution in [-0.4, -0.2) is 26.2 Å². The first-order valence-corrected chi connectivity index (χ1v) is 8.29. The lowest BCUT2D eigenvalue weighted by Gasteiger charge is -2.17. The lowest BCUT2D eigenvalue weighted by atomic mass is 10.1. The second-order valence-corrected chi connectivity index (χ2v) is 5.79. The average Bonchev–Trinajstić information content (AvgIpc) is 2.68. The summed E-state index contributed by atoms with van der Waals surface area (Å²) in [6, 6.07) is 18.9. The van der Waals surface area contributed by atoms with Crippen LogP contribution in [0.5, 0.6) is 17.2 Å². The molecule has 0 unspecified atom stereocenters. The Kier molecular flexibility index (Phi) is 5.27. The molecule has 3 aromatic rings. The van der Waals surface area contributed by atoms with Crippen molar-refractivity contribution in [1.29, 1.82) is 0 Å². The van der Waals surface area contributed by atoms with Gasteiger partial charge < -0.3 is 19.5 Å². The Bertz CT molecular complexity index is 918. The largest absolute Gasteiger partial charge is 0.497 e. The zero-order valence-electron chi connectivity index (χ0n) is 15.0. The molecule has 0 aliphatic carbocycles. The highest BCUT2D eigenvalue weighted by Crippen LogP contribution is 2.30. The third kappa shape index (κ3) is 3.72. The molecule has 3 aromatic carbocycles. The fraction of sp³-hybridized carbons (Fsp3) is 0.190. The number of anilines is 1. The molecule has 134 valence electrons. The molecule has 0 fully saturated rings. The van der Waals surface area contributed by atoms with E-state index in [4.69, 9.17) is 14.2 Å². The molecule has 26 heavy (non-hydrogen) atoms. The van der Waals surface area contributed by atoms with Crippen LogP contribution >= 0.6 is 0 Å². The number of carbonyl (C=O) groups is 1. The van der Waals surface area contributed by atoms with Crippen molar-refractivity contribution in [2.45, 2.75) is 13.0 Å². The van der Waals surface area contributed by atoms with Crippen molar-refractivity contribution in [3.63, 3.8) is 0 Å². The molecular formula is C21H21NO4. The average molecular weight is 351 g/mol. The first kappa shape index (κ1) is 17.6. The van der Waals surface area contributed by atoms with Gasteiger partial charge in [-0.05, 0) is 30.5 Å². The van der Waals surface area contributed by atoms with Crippen molar-refractivity contribution >= 4 is 22.4 Å². The van der Waals surface area contributed by atoms with Crippen LogP contribution in [0.4, 0.5) is 5.69 Å². The summed E-state index contributed by atoms with van der Waals surface area (Å²) in [5, 5.41) is 4.86. The van der Waals surface area contributed by atoms with Crippen molar-refractivity contribution in [1.82, 2.24) is 0 Å². The van der Waals surface area contributed by atoms with Crippen molar-refractivity contribution < 1.29 is 19.0 Å². The normalized spacial score (nSPS) is 11.7. The number of nitrogens with one attached hydrogen (secondary N) is 1. The monoisotopic (exact) mass is 351 g/mol. The molecule has 0 bridgehead atoms. The fourth-order valence-electron chi connectivity index (χ4n) is 2.69. The molecule has 5 nitrogen and oxygen atoms in total. The van der Waals surface area contributed by atoms with E-state index in [0.717, 1.165) is 10.8 Å². The zero-order chi connectivity index (χ0) is 18.5. The molecule has 5 heteroatoms. The van der Waals surface area contributed by atoms with E-state index in [1.54, 1.807) is 39.3 Å². The number of rotatable bonds is 6. The van der Waals surface area contributed by atoms with Gasteiger partial charge in [-0.25, -0.2) is 0 Å². The van der Waals surface area contributed by atoms with Crippen LogP contribution in [0, 0.1) is 0 Å². The Morgan fingerprint density at radius 2 is 1.69 bits per heavy atom. The summed E-state index contributed by atoms with van der Waals surface area (Å²) in [7, 11) is 3.12. The molecule has 0 aliphatic rings. The van der Waals surface area contributed by atoms with Gasteiger partial charge in [-0.2, -0.15) is 0 Å². The number of amides is 1. The summed E-state index contributed by atoms with van der Waals surface area (Å²) < 4.78 is 16.4. The molecule has 0 aromatic heterocycles. The van der Waals surface area contributed by atoms with Gasteiger partial charge in [0.2, 0.25) is 0 Å². The van der Waals surface area contributed by atoms with Gasteiger partial charge in [0.15, 0.2) is 6.10 Å². The maximum Gasteiger partial charge on any atom is 0.265 e. The molecule has 1 amide bonds. The lowest BCUT2D eigenvalue weighted by Crippen LogP contribution is -2.30. The molecule has 0 saturated heterocycles.